The van der Waals surface area contributed by atoms with Gasteiger partial charge in [0, 0.05) is 6.54 Å². The van der Waals surface area contributed by atoms with Crippen LogP contribution in [0.25, 0.3) is 0 Å². The van der Waals surface area contributed by atoms with Crippen molar-refractivity contribution in [2.45, 2.75) is 6.54 Å². The van der Waals surface area contributed by atoms with E-state index >= 15 is 0 Å². The van der Waals surface area contributed by atoms with Gasteiger partial charge < -0.3 is 24.3 Å². The van der Waals surface area contributed by atoms with E-state index < -0.39 is 11.9 Å². The fourth-order valence-electron chi connectivity index (χ4n) is 2.42. The summed E-state index contributed by atoms with van der Waals surface area (Å²) in [4.78, 5) is 24.0. The predicted octanol–water partition coefficient (Wildman–Crippen LogP) is 1.94. The van der Waals surface area contributed by atoms with Crippen molar-refractivity contribution >= 4 is 11.9 Å². The molecular weight excluding hydrogens is 338 g/mol. The molecular formula is C19H19NO6. The van der Waals surface area contributed by atoms with Gasteiger partial charge in [0.15, 0.2) is 18.1 Å². The van der Waals surface area contributed by atoms with Crippen molar-refractivity contribution in [2.75, 3.05) is 26.9 Å². The Morgan fingerprint density at radius 2 is 1.88 bits per heavy atom. The van der Waals surface area contributed by atoms with Crippen LogP contribution in [0.15, 0.2) is 42.5 Å². The molecule has 0 aliphatic carbocycles. The number of rotatable bonds is 6. The van der Waals surface area contributed by atoms with Crippen molar-refractivity contribution in [2.24, 2.45) is 0 Å². The number of methoxy groups -OCH3 is 1. The summed E-state index contributed by atoms with van der Waals surface area (Å²) in [5, 5.41) is 2.69. The molecule has 26 heavy (non-hydrogen) atoms. The van der Waals surface area contributed by atoms with Gasteiger partial charge in [-0.25, -0.2) is 4.79 Å². The Morgan fingerprint density at radius 3 is 2.69 bits per heavy atom. The molecule has 0 saturated heterocycles. The standard InChI is InChI=1S/C19H19NO6/c1-23-15-4-2-3-13(9-15)11-20-18(21)12-26-19(22)14-5-6-16-17(10-14)25-8-7-24-16/h2-6,9-10H,7-8,11-12H2,1H3,(H,20,21). The number of carbonyl (C=O) groups is 2. The van der Waals surface area contributed by atoms with Crippen LogP contribution in [-0.4, -0.2) is 38.8 Å². The number of ether oxygens (including phenoxy) is 4. The summed E-state index contributed by atoms with van der Waals surface area (Å²) in [6.07, 6.45) is 0. The van der Waals surface area contributed by atoms with Gasteiger partial charge in [0.25, 0.3) is 5.91 Å². The number of carbonyl (C=O) groups excluding carboxylic acids is 2. The number of hydrogen-bond donors (Lipinski definition) is 1. The summed E-state index contributed by atoms with van der Waals surface area (Å²) >= 11 is 0. The first kappa shape index (κ1) is 17.6. The maximum atomic E-state index is 12.1. The van der Waals surface area contributed by atoms with Crippen LogP contribution in [-0.2, 0) is 16.1 Å². The lowest BCUT2D eigenvalue weighted by molar-refractivity contribution is -0.124. The van der Waals surface area contributed by atoms with Gasteiger partial charge in [-0.3, -0.25) is 4.79 Å². The predicted molar refractivity (Wildman–Crippen MR) is 92.6 cm³/mol. The van der Waals surface area contributed by atoms with Gasteiger partial charge in [-0.15, -0.1) is 0 Å². The summed E-state index contributed by atoms with van der Waals surface area (Å²) in [7, 11) is 1.58. The smallest absolute Gasteiger partial charge is 0.338 e. The van der Waals surface area contributed by atoms with E-state index in [1.807, 2.05) is 24.3 Å². The van der Waals surface area contributed by atoms with Gasteiger partial charge in [-0.05, 0) is 35.9 Å². The van der Waals surface area contributed by atoms with E-state index in [4.69, 9.17) is 18.9 Å². The molecule has 1 heterocycles. The van der Waals surface area contributed by atoms with E-state index in [0.717, 1.165) is 5.56 Å². The lowest BCUT2D eigenvalue weighted by Crippen LogP contribution is -2.28. The van der Waals surface area contributed by atoms with Crippen molar-refractivity contribution < 1.29 is 28.5 Å². The van der Waals surface area contributed by atoms with Gasteiger partial charge >= 0.3 is 5.97 Å². The molecule has 136 valence electrons. The van der Waals surface area contributed by atoms with E-state index in [9.17, 15) is 9.59 Å². The van der Waals surface area contributed by atoms with Crippen LogP contribution in [0.3, 0.4) is 0 Å². The summed E-state index contributed by atoms with van der Waals surface area (Å²) < 4.78 is 21.0. The minimum absolute atomic E-state index is 0.301. The molecule has 0 atom stereocenters. The fraction of sp³-hybridized carbons (Fsp3) is 0.263. The molecule has 0 radical (unpaired) electrons. The van der Waals surface area contributed by atoms with Gasteiger partial charge in [-0.2, -0.15) is 0 Å². The zero-order valence-corrected chi connectivity index (χ0v) is 14.3. The number of hydrogen-bond acceptors (Lipinski definition) is 6. The first-order chi connectivity index (χ1) is 12.7. The maximum absolute atomic E-state index is 12.1. The Bertz CT molecular complexity index is 804. The lowest BCUT2D eigenvalue weighted by atomic mass is 10.2. The highest BCUT2D eigenvalue weighted by Crippen LogP contribution is 2.30. The van der Waals surface area contributed by atoms with E-state index in [-0.39, 0.29) is 6.61 Å². The first-order valence-corrected chi connectivity index (χ1v) is 8.12. The summed E-state index contributed by atoms with van der Waals surface area (Å²) in [6, 6.07) is 12.1. The third-order valence-electron chi connectivity index (χ3n) is 3.74. The van der Waals surface area contributed by atoms with Crippen molar-refractivity contribution in [1.82, 2.24) is 5.32 Å². The van der Waals surface area contributed by atoms with Crippen molar-refractivity contribution in [3.8, 4) is 17.2 Å². The van der Waals surface area contributed by atoms with Gasteiger partial charge in [0.2, 0.25) is 0 Å². The van der Waals surface area contributed by atoms with Crippen molar-refractivity contribution in [3.63, 3.8) is 0 Å². The minimum atomic E-state index is -0.599. The maximum Gasteiger partial charge on any atom is 0.338 e. The Morgan fingerprint density at radius 1 is 1.08 bits per heavy atom. The van der Waals surface area contributed by atoms with Crippen LogP contribution in [0.5, 0.6) is 17.2 Å². The van der Waals surface area contributed by atoms with E-state index in [1.54, 1.807) is 25.3 Å². The van der Waals surface area contributed by atoms with E-state index in [1.165, 1.54) is 0 Å². The zero-order chi connectivity index (χ0) is 18.4. The van der Waals surface area contributed by atoms with Gasteiger partial charge in [0.05, 0.1) is 12.7 Å². The van der Waals surface area contributed by atoms with Crippen LogP contribution < -0.4 is 19.5 Å². The number of amides is 1. The second-order valence-electron chi connectivity index (χ2n) is 5.56. The summed E-state index contributed by atoms with van der Waals surface area (Å²) in [5.41, 5.74) is 1.19. The Kier molecular flexibility index (Phi) is 5.58. The molecule has 1 aliphatic heterocycles. The SMILES string of the molecule is COc1cccc(CNC(=O)COC(=O)c2ccc3c(c2)OCCO3)c1. The molecule has 0 fully saturated rings. The molecule has 2 aromatic carbocycles. The summed E-state index contributed by atoms with van der Waals surface area (Å²) in [5.74, 6) is 0.802. The Hall–Kier alpha value is -3.22. The highest BCUT2D eigenvalue weighted by atomic mass is 16.6. The largest absolute Gasteiger partial charge is 0.497 e. The van der Waals surface area contributed by atoms with Crippen LogP contribution in [0.4, 0.5) is 0 Å². The molecule has 0 aromatic heterocycles. The fourth-order valence-corrected chi connectivity index (χ4v) is 2.42. The van der Waals surface area contributed by atoms with Crippen molar-refractivity contribution in [3.05, 3.63) is 53.6 Å². The molecule has 3 rings (SSSR count). The normalized spacial score (nSPS) is 12.2. The number of fused-ring (bicyclic) bond motifs is 1. The summed E-state index contributed by atoms with van der Waals surface area (Å²) in [6.45, 7) is 0.858. The number of esters is 1. The van der Waals surface area contributed by atoms with E-state index in [2.05, 4.69) is 5.32 Å². The second kappa shape index (κ2) is 8.24. The average Bonchev–Trinajstić information content (AvgIpc) is 2.70. The molecule has 1 amide bonds. The van der Waals surface area contributed by atoms with Crippen LogP contribution in [0.1, 0.15) is 15.9 Å². The molecule has 1 aliphatic rings. The molecule has 0 unspecified atom stereocenters. The molecule has 2 aromatic rings. The highest BCUT2D eigenvalue weighted by molar-refractivity contribution is 5.92. The Balaban J connectivity index is 1.48. The minimum Gasteiger partial charge on any atom is -0.497 e. The van der Waals surface area contributed by atoms with Crippen molar-refractivity contribution in [1.29, 1.82) is 0 Å². The Labute approximate surface area is 150 Å². The number of benzene rings is 2. The monoisotopic (exact) mass is 357 g/mol. The lowest BCUT2D eigenvalue weighted by Gasteiger charge is -2.18. The van der Waals surface area contributed by atoms with Crippen LogP contribution >= 0.6 is 0 Å². The van der Waals surface area contributed by atoms with Crippen LogP contribution in [0.2, 0.25) is 0 Å². The number of nitrogens with one attached hydrogen (secondary N) is 1. The van der Waals surface area contributed by atoms with Gasteiger partial charge in [0.1, 0.15) is 19.0 Å². The molecule has 0 bridgehead atoms. The topological polar surface area (TPSA) is 83.1 Å². The third-order valence-corrected chi connectivity index (χ3v) is 3.74. The quantitative estimate of drug-likeness (QED) is 0.796. The average molecular weight is 357 g/mol. The highest BCUT2D eigenvalue weighted by Gasteiger charge is 2.16. The second-order valence-corrected chi connectivity index (χ2v) is 5.56. The van der Waals surface area contributed by atoms with Gasteiger partial charge in [-0.1, -0.05) is 12.1 Å². The zero-order valence-electron chi connectivity index (χ0n) is 14.3. The molecule has 1 N–H and O–H groups in total. The third kappa shape index (κ3) is 4.44. The first-order valence-electron chi connectivity index (χ1n) is 8.12. The molecule has 7 heteroatoms. The molecule has 0 spiro atoms. The van der Waals surface area contributed by atoms with E-state index in [0.29, 0.717) is 42.6 Å². The molecule has 7 nitrogen and oxygen atoms in total. The van der Waals surface area contributed by atoms with Crippen LogP contribution in [0, 0.1) is 0 Å². The molecule has 0 saturated carbocycles.